The van der Waals surface area contributed by atoms with Crippen molar-refractivity contribution in [2.75, 3.05) is 46.4 Å². The van der Waals surface area contributed by atoms with E-state index in [-0.39, 0.29) is 24.0 Å². The van der Waals surface area contributed by atoms with Crippen LogP contribution in [-0.2, 0) is 11.2 Å². The Morgan fingerprint density at radius 2 is 1.93 bits per heavy atom. The van der Waals surface area contributed by atoms with E-state index < -0.39 is 0 Å². The summed E-state index contributed by atoms with van der Waals surface area (Å²) in [7, 11) is 1.77. The summed E-state index contributed by atoms with van der Waals surface area (Å²) in [5, 5.41) is 16.3. The number of aliphatic imine (C=N–C) groups is 1. The summed E-state index contributed by atoms with van der Waals surface area (Å²) in [6.07, 6.45) is 5.40. The monoisotopic (exact) mass is 504 g/mol. The number of methoxy groups -OCH3 is 1. The normalized spacial score (nSPS) is 15.9. The second-order valence-electron chi connectivity index (χ2n) is 7.14. The molecule has 0 saturated carbocycles. The quantitative estimate of drug-likeness (QED) is 0.198. The molecule has 28 heavy (non-hydrogen) atoms. The second kappa shape index (κ2) is 14.9. The SMILES string of the molecule is CCNC(=NCCCc1ccc(O)cc1)NC1CCN(CCCOC)CC1.I. The van der Waals surface area contributed by atoms with E-state index in [1.54, 1.807) is 19.2 Å². The highest BCUT2D eigenvalue weighted by molar-refractivity contribution is 14.0. The number of rotatable bonds is 10. The van der Waals surface area contributed by atoms with E-state index in [0.717, 1.165) is 77.4 Å². The van der Waals surface area contributed by atoms with Crippen molar-refractivity contribution in [3.05, 3.63) is 29.8 Å². The smallest absolute Gasteiger partial charge is 0.191 e. The van der Waals surface area contributed by atoms with Crippen LogP contribution in [0.5, 0.6) is 5.75 Å². The maximum atomic E-state index is 9.34. The van der Waals surface area contributed by atoms with Crippen LogP contribution in [0.25, 0.3) is 0 Å². The molecule has 1 aromatic carbocycles. The van der Waals surface area contributed by atoms with Crippen LogP contribution >= 0.6 is 24.0 Å². The predicted octanol–water partition coefficient (Wildman–Crippen LogP) is 3.00. The zero-order chi connectivity index (χ0) is 19.3. The Hall–Kier alpha value is -1.06. The van der Waals surface area contributed by atoms with Crippen LogP contribution in [0.2, 0.25) is 0 Å². The van der Waals surface area contributed by atoms with Crippen LogP contribution in [0.3, 0.4) is 0 Å². The first-order valence-electron chi connectivity index (χ1n) is 10.2. The van der Waals surface area contributed by atoms with Gasteiger partial charge in [0.25, 0.3) is 0 Å². The highest BCUT2D eigenvalue weighted by Gasteiger charge is 2.19. The number of nitrogens with one attached hydrogen (secondary N) is 2. The van der Waals surface area contributed by atoms with Crippen molar-refractivity contribution in [1.82, 2.24) is 15.5 Å². The summed E-state index contributed by atoms with van der Waals surface area (Å²) in [6, 6.07) is 7.93. The lowest BCUT2D eigenvalue weighted by Crippen LogP contribution is -2.48. The Labute approximate surface area is 187 Å². The fraction of sp³-hybridized carbons (Fsp3) is 0.667. The van der Waals surface area contributed by atoms with Crippen molar-refractivity contribution < 1.29 is 9.84 Å². The lowest BCUT2D eigenvalue weighted by Gasteiger charge is -2.33. The number of aromatic hydroxyl groups is 1. The first-order chi connectivity index (χ1) is 13.2. The zero-order valence-electron chi connectivity index (χ0n) is 17.3. The molecule has 0 atom stereocenters. The van der Waals surface area contributed by atoms with Gasteiger partial charge in [0, 0.05) is 52.5 Å². The van der Waals surface area contributed by atoms with Gasteiger partial charge in [0.2, 0.25) is 0 Å². The van der Waals surface area contributed by atoms with Gasteiger partial charge in [-0.3, -0.25) is 4.99 Å². The number of ether oxygens (including phenoxy) is 1. The molecule has 0 aromatic heterocycles. The standard InChI is InChI=1S/C21H36N4O2.HI/c1-3-22-21(23-13-4-6-18-7-9-20(26)10-8-18)24-19-11-15-25(16-12-19)14-5-17-27-2;/h7-10,19,26H,3-6,11-17H2,1-2H3,(H2,22,23,24);1H. The van der Waals surface area contributed by atoms with Gasteiger partial charge >= 0.3 is 0 Å². The van der Waals surface area contributed by atoms with Gasteiger partial charge in [-0.1, -0.05) is 12.1 Å². The fourth-order valence-corrected chi connectivity index (χ4v) is 3.38. The molecular weight excluding hydrogens is 467 g/mol. The third-order valence-electron chi connectivity index (χ3n) is 4.93. The van der Waals surface area contributed by atoms with Gasteiger partial charge < -0.3 is 25.4 Å². The van der Waals surface area contributed by atoms with Crippen molar-refractivity contribution >= 4 is 29.9 Å². The molecule has 1 fully saturated rings. The van der Waals surface area contributed by atoms with Crippen molar-refractivity contribution in [3.8, 4) is 5.75 Å². The molecule has 1 aliphatic heterocycles. The van der Waals surface area contributed by atoms with Gasteiger partial charge in [0.1, 0.15) is 5.75 Å². The number of likely N-dealkylation sites (tertiary alicyclic amines) is 1. The van der Waals surface area contributed by atoms with E-state index in [9.17, 15) is 5.11 Å². The Balaban J connectivity index is 0.00000392. The summed E-state index contributed by atoms with van der Waals surface area (Å²) in [6.45, 7) is 8.03. The molecule has 2 rings (SSSR count). The summed E-state index contributed by atoms with van der Waals surface area (Å²) >= 11 is 0. The number of hydrogen-bond donors (Lipinski definition) is 3. The minimum absolute atomic E-state index is 0. The summed E-state index contributed by atoms with van der Waals surface area (Å²) in [5.41, 5.74) is 1.24. The molecule has 0 aliphatic carbocycles. The van der Waals surface area contributed by atoms with Crippen molar-refractivity contribution in [1.29, 1.82) is 0 Å². The number of nitrogens with zero attached hydrogens (tertiary/aromatic N) is 2. The number of phenols is 1. The van der Waals surface area contributed by atoms with Gasteiger partial charge in [0.15, 0.2) is 5.96 Å². The van der Waals surface area contributed by atoms with E-state index >= 15 is 0 Å². The van der Waals surface area contributed by atoms with Gasteiger partial charge in [-0.05, 0) is 56.7 Å². The second-order valence-corrected chi connectivity index (χ2v) is 7.14. The van der Waals surface area contributed by atoms with Crippen LogP contribution in [0.1, 0.15) is 38.2 Å². The van der Waals surface area contributed by atoms with Crippen LogP contribution < -0.4 is 10.6 Å². The minimum atomic E-state index is 0. The number of halogens is 1. The molecule has 0 spiro atoms. The summed E-state index contributed by atoms with van der Waals surface area (Å²) in [4.78, 5) is 7.26. The molecule has 0 unspecified atom stereocenters. The molecule has 0 bridgehead atoms. The first kappa shape index (κ1) is 25.0. The molecule has 1 aliphatic rings. The molecule has 160 valence electrons. The van der Waals surface area contributed by atoms with E-state index in [1.165, 1.54) is 5.56 Å². The van der Waals surface area contributed by atoms with Gasteiger partial charge in [-0.15, -0.1) is 24.0 Å². The molecule has 0 radical (unpaired) electrons. The molecule has 1 heterocycles. The average Bonchev–Trinajstić information content (AvgIpc) is 2.68. The first-order valence-corrected chi connectivity index (χ1v) is 10.2. The van der Waals surface area contributed by atoms with Crippen molar-refractivity contribution in [2.24, 2.45) is 4.99 Å². The lowest BCUT2D eigenvalue weighted by molar-refractivity contribution is 0.155. The molecule has 1 aromatic rings. The van der Waals surface area contributed by atoms with Crippen molar-refractivity contribution in [2.45, 2.75) is 45.1 Å². The Morgan fingerprint density at radius 1 is 1.21 bits per heavy atom. The third kappa shape index (κ3) is 9.93. The van der Waals surface area contributed by atoms with Gasteiger partial charge in [-0.25, -0.2) is 0 Å². The van der Waals surface area contributed by atoms with E-state index in [2.05, 4.69) is 22.5 Å². The topological polar surface area (TPSA) is 69.1 Å². The summed E-state index contributed by atoms with van der Waals surface area (Å²) in [5.74, 6) is 1.25. The molecule has 3 N–H and O–H groups in total. The predicted molar refractivity (Wildman–Crippen MR) is 127 cm³/mol. The Kier molecular flexibility index (Phi) is 13.3. The number of hydrogen-bond acceptors (Lipinski definition) is 4. The highest BCUT2D eigenvalue weighted by Crippen LogP contribution is 2.12. The summed E-state index contributed by atoms with van der Waals surface area (Å²) < 4.78 is 5.14. The molecule has 0 amide bonds. The fourth-order valence-electron chi connectivity index (χ4n) is 3.38. The number of benzene rings is 1. The highest BCUT2D eigenvalue weighted by atomic mass is 127. The Bertz CT molecular complexity index is 546. The van der Waals surface area contributed by atoms with Crippen LogP contribution in [0.4, 0.5) is 0 Å². The number of aryl methyl sites for hydroxylation is 1. The zero-order valence-corrected chi connectivity index (χ0v) is 19.7. The minimum Gasteiger partial charge on any atom is -0.508 e. The molecule has 1 saturated heterocycles. The molecular formula is C21H37IN4O2. The lowest BCUT2D eigenvalue weighted by atomic mass is 10.1. The van der Waals surface area contributed by atoms with E-state index in [4.69, 9.17) is 9.73 Å². The third-order valence-corrected chi connectivity index (χ3v) is 4.93. The number of piperidine rings is 1. The Morgan fingerprint density at radius 3 is 2.57 bits per heavy atom. The van der Waals surface area contributed by atoms with Crippen LogP contribution in [0, 0.1) is 0 Å². The number of phenolic OH excluding ortho intramolecular Hbond substituents is 1. The number of guanidine groups is 1. The van der Waals surface area contributed by atoms with Crippen LogP contribution in [-0.4, -0.2) is 68.4 Å². The van der Waals surface area contributed by atoms with Gasteiger partial charge in [0.05, 0.1) is 0 Å². The van der Waals surface area contributed by atoms with E-state index in [0.29, 0.717) is 11.8 Å². The maximum absolute atomic E-state index is 9.34. The largest absolute Gasteiger partial charge is 0.508 e. The molecule has 6 nitrogen and oxygen atoms in total. The maximum Gasteiger partial charge on any atom is 0.191 e. The average molecular weight is 504 g/mol. The molecule has 7 heteroatoms. The van der Waals surface area contributed by atoms with Crippen molar-refractivity contribution in [3.63, 3.8) is 0 Å². The van der Waals surface area contributed by atoms with E-state index in [1.807, 2.05) is 12.1 Å². The van der Waals surface area contributed by atoms with Gasteiger partial charge in [-0.2, -0.15) is 0 Å². The van der Waals surface area contributed by atoms with Crippen LogP contribution in [0.15, 0.2) is 29.3 Å².